The lowest BCUT2D eigenvalue weighted by molar-refractivity contribution is 0.0690. The molecule has 0 radical (unpaired) electrons. The van der Waals surface area contributed by atoms with Crippen molar-refractivity contribution in [3.63, 3.8) is 0 Å². The number of halogens is 3. The number of anilines is 1. The maximum absolute atomic E-state index is 12.3. The maximum Gasteiger partial charge on any atom is 0.356 e. The van der Waals surface area contributed by atoms with Crippen LogP contribution < -0.4 is 5.73 Å². The first-order valence-electron chi connectivity index (χ1n) is 3.84. The van der Waals surface area contributed by atoms with Gasteiger partial charge in [-0.15, -0.1) is 0 Å². The molecule has 1 aromatic heterocycles. The zero-order chi connectivity index (χ0) is 11.6. The molecule has 0 spiro atoms. The normalized spacial score (nSPS) is 10.7. The number of hydrogen-bond donors (Lipinski definition) is 2. The van der Waals surface area contributed by atoms with E-state index >= 15 is 0 Å². The topological polar surface area (TPSA) is 76.2 Å². The third kappa shape index (κ3) is 2.41. The quantitative estimate of drug-likeness (QED) is 0.833. The molecule has 0 fully saturated rings. The molecule has 1 rings (SSSR count). The van der Waals surface area contributed by atoms with Crippen LogP contribution in [0.5, 0.6) is 0 Å². The van der Waals surface area contributed by atoms with Crippen LogP contribution in [0.25, 0.3) is 0 Å². The summed E-state index contributed by atoms with van der Waals surface area (Å²) in [4.78, 5) is 13.9. The summed E-state index contributed by atoms with van der Waals surface area (Å²) in [6.45, 7) is 0. The van der Waals surface area contributed by atoms with Gasteiger partial charge >= 0.3 is 5.97 Å². The molecule has 0 unspecified atom stereocenters. The van der Waals surface area contributed by atoms with Gasteiger partial charge in [-0.25, -0.2) is 18.6 Å². The summed E-state index contributed by atoms with van der Waals surface area (Å²) in [6.07, 6.45) is -2.82. The zero-order valence-electron chi connectivity index (χ0n) is 7.38. The molecule has 0 atom stereocenters. The van der Waals surface area contributed by atoms with Crippen molar-refractivity contribution in [3.05, 3.63) is 23.0 Å². The molecule has 0 aromatic carbocycles. The van der Waals surface area contributed by atoms with E-state index in [9.17, 15) is 13.6 Å². The van der Waals surface area contributed by atoms with Crippen LogP contribution >= 0.6 is 15.9 Å². The number of alkyl halides is 3. The second-order valence-electron chi connectivity index (χ2n) is 2.71. The molecule has 3 N–H and O–H groups in total. The fourth-order valence-corrected chi connectivity index (χ4v) is 1.48. The van der Waals surface area contributed by atoms with Gasteiger partial charge in [-0.05, 0) is 11.6 Å². The van der Waals surface area contributed by atoms with E-state index in [-0.39, 0.29) is 16.6 Å². The van der Waals surface area contributed by atoms with Gasteiger partial charge in [0, 0.05) is 5.33 Å². The van der Waals surface area contributed by atoms with E-state index in [1.807, 2.05) is 0 Å². The van der Waals surface area contributed by atoms with E-state index in [0.29, 0.717) is 0 Å². The van der Waals surface area contributed by atoms with Gasteiger partial charge < -0.3 is 10.8 Å². The number of rotatable bonds is 3. The molecule has 0 saturated heterocycles. The Morgan fingerprint density at radius 1 is 1.67 bits per heavy atom. The number of carbonyl (C=O) groups is 1. The highest BCUT2D eigenvalue weighted by Crippen LogP contribution is 2.25. The number of carboxylic acids is 1. The molecule has 1 aromatic rings. The van der Waals surface area contributed by atoms with Crippen LogP contribution in [0, 0.1) is 0 Å². The Bertz CT molecular complexity index is 398. The van der Waals surface area contributed by atoms with Crippen molar-refractivity contribution >= 4 is 27.6 Å². The molecule has 15 heavy (non-hydrogen) atoms. The summed E-state index contributed by atoms with van der Waals surface area (Å²) in [7, 11) is 0. The standard InChI is InChI=1S/C8H7BrF2N2O2/c9-2-3-1-4(7(10)11)13-6(5(3)12)8(14)15/h1,7H,2,12H2,(H,14,15). The number of nitrogens with two attached hydrogens (primary N) is 1. The second-order valence-corrected chi connectivity index (χ2v) is 3.27. The molecule has 4 nitrogen and oxygen atoms in total. The molecule has 0 bridgehead atoms. The van der Waals surface area contributed by atoms with Crippen LogP contribution in [0.3, 0.4) is 0 Å². The van der Waals surface area contributed by atoms with Gasteiger partial charge in [0.15, 0.2) is 5.69 Å². The van der Waals surface area contributed by atoms with Crippen LogP contribution in [0.2, 0.25) is 0 Å². The third-order valence-corrected chi connectivity index (χ3v) is 2.34. The average molecular weight is 281 g/mol. The van der Waals surface area contributed by atoms with Gasteiger partial charge in [-0.3, -0.25) is 0 Å². The Morgan fingerprint density at radius 3 is 2.67 bits per heavy atom. The molecule has 1 heterocycles. The number of nitrogens with zero attached hydrogens (tertiary/aromatic N) is 1. The molecule has 7 heteroatoms. The summed E-state index contributed by atoms with van der Waals surface area (Å²) < 4.78 is 24.7. The van der Waals surface area contributed by atoms with Crippen molar-refractivity contribution in [2.24, 2.45) is 0 Å². The molecule has 0 aliphatic carbocycles. The Morgan fingerprint density at radius 2 is 2.27 bits per heavy atom. The molecular weight excluding hydrogens is 274 g/mol. The zero-order valence-corrected chi connectivity index (χ0v) is 8.96. The van der Waals surface area contributed by atoms with E-state index < -0.39 is 23.8 Å². The maximum atomic E-state index is 12.3. The number of carboxylic acid groups (broad SMARTS) is 1. The average Bonchev–Trinajstić information content (AvgIpc) is 2.17. The summed E-state index contributed by atoms with van der Waals surface area (Å²) in [5.74, 6) is -1.42. The van der Waals surface area contributed by atoms with Crippen molar-refractivity contribution in [3.8, 4) is 0 Å². The second kappa shape index (κ2) is 4.52. The lowest BCUT2D eigenvalue weighted by atomic mass is 10.1. The summed E-state index contributed by atoms with van der Waals surface area (Å²) in [5.41, 5.74) is 4.51. The minimum absolute atomic E-state index is 0.0937. The predicted molar refractivity (Wildman–Crippen MR) is 53.2 cm³/mol. The first-order chi connectivity index (χ1) is 6.97. The number of aromatic carboxylic acids is 1. The first kappa shape index (κ1) is 11.8. The SMILES string of the molecule is Nc1c(CBr)cc(C(F)F)nc1C(=O)O. The van der Waals surface area contributed by atoms with Gasteiger partial charge in [0.05, 0.1) is 5.69 Å². The fourth-order valence-electron chi connectivity index (χ4n) is 1.02. The molecule has 0 aliphatic heterocycles. The van der Waals surface area contributed by atoms with Gasteiger partial charge in [0.1, 0.15) is 5.69 Å². The van der Waals surface area contributed by atoms with Crippen molar-refractivity contribution in [1.29, 1.82) is 0 Å². The highest BCUT2D eigenvalue weighted by Gasteiger charge is 2.19. The Balaban J connectivity index is 3.38. The van der Waals surface area contributed by atoms with E-state index in [4.69, 9.17) is 10.8 Å². The van der Waals surface area contributed by atoms with E-state index in [2.05, 4.69) is 20.9 Å². The summed E-state index contributed by atoms with van der Waals surface area (Å²) >= 11 is 3.03. The third-order valence-electron chi connectivity index (χ3n) is 1.73. The first-order valence-corrected chi connectivity index (χ1v) is 4.96. The van der Waals surface area contributed by atoms with E-state index in [0.717, 1.165) is 6.07 Å². The number of aromatic nitrogens is 1. The smallest absolute Gasteiger partial charge is 0.356 e. The minimum Gasteiger partial charge on any atom is -0.476 e. The lowest BCUT2D eigenvalue weighted by Gasteiger charge is -2.08. The van der Waals surface area contributed by atoms with Crippen molar-refractivity contribution in [2.45, 2.75) is 11.8 Å². The van der Waals surface area contributed by atoms with E-state index in [1.165, 1.54) is 0 Å². The van der Waals surface area contributed by atoms with Gasteiger partial charge in [-0.1, -0.05) is 15.9 Å². The molecular formula is C8H7BrF2N2O2. The summed E-state index contributed by atoms with van der Waals surface area (Å²) in [6, 6.07) is 1.08. The van der Waals surface area contributed by atoms with Gasteiger partial charge in [0.2, 0.25) is 0 Å². The molecule has 82 valence electrons. The Kier molecular flexibility index (Phi) is 3.57. The van der Waals surface area contributed by atoms with Crippen LogP contribution in [-0.2, 0) is 5.33 Å². The molecule has 0 aliphatic rings. The van der Waals surface area contributed by atoms with Crippen molar-refractivity contribution in [1.82, 2.24) is 4.98 Å². The van der Waals surface area contributed by atoms with Crippen molar-refractivity contribution in [2.75, 3.05) is 5.73 Å². The Hall–Kier alpha value is -1.24. The Labute approximate surface area is 92.2 Å². The van der Waals surface area contributed by atoms with Crippen LogP contribution in [0.1, 0.15) is 28.2 Å². The highest BCUT2D eigenvalue weighted by atomic mass is 79.9. The van der Waals surface area contributed by atoms with Crippen molar-refractivity contribution < 1.29 is 18.7 Å². The largest absolute Gasteiger partial charge is 0.476 e. The highest BCUT2D eigenvalue weighted by molar-refractivity contribution is 9.08. The van der Waals surface area contributed by atoms with E-state index in [1.54, 1.807) is 0 Å². The van der Waals surface area contributed by atoms with Gasteiger partial charge in [-0.2, -0.15) is 0 Å². The predicted octanol–water partition coefficient (Wildman–Crippen LogP) is 2.19. The monoisotopic (exact) mass is 280 g/mol. The molecule has 0 amide bonds. The minimum atomic E-state index is -2.82. The van der Waals surface area contributed by atoms with Crippen LogP contribution in [-0.4, -0.2) is 16.1 Å². The number of nitrogen functional groups attached to an aromatic ring is 1. The van der Waals surface area contributed by atoms with Crippen LogP contribution in [0.4, 0.5) is 14.5 Å². The van der Waals surface area contributed by atoms with Crippen LogP contribution in [0.15, 0.2) is 6.07 Å². The number of hydrogen-bond acceptors (Lipinski definition) is 3. The lowest BCUT2D eigenvalue weighted by Crippen LogP contribution is -2.10. The van der Waals surface area contributed by atoms with Gasteiger partial charge in [0.25, 0.3) is 6.43 Å². The summed E-state index contributed by atoms with van der Waals surface area (Å²) in [5, 5.41) is 8.88. The molecule has 0 saturated carbocycles. The fraction of sp³-hybridized carbons (Fsp3) is 0.250. The number of pyridine rings is 1.